The number of hydrogen-bond acceptors (Lipinski definition) is 4. The van der Waals surface area contributed by atoms with Gasteiger partial charge < -0.3 is 9.88 Å². The van der Waals surface area contributed by atoms with Crippen molar-refractivity contribution in [3.63, 3.8) is 0 Å². The summed E-state index contributed by atoms with van der Waals surface area (Å²) in [5, 5.41) is 5.96. The van der Waals surface area contributed by atoms with E-state index >= 15 is 0 Å². The lowest BCUT2D eigenvalue weighted by atomic mass is 10.1. The molecule has 29 heavy (non-hydrogen) atoms. The van der Waals surface area contributed by atoms with Gasteiger partial charge in [-0.15, -0.1) is 0 Å². The van der Waals surface area contributed by atoms with Gasteiger partial charge in [0, 0.05) is 19.4 Å². The first-order chi connectivity index (χ1) is 14.0. The topological polar surface area (TPSA) is 102 Å². The molecular weight excluding hydrogens is 370 g/mol. The average molecular weight is 389 g/mol. The van der Waals surface area contributed by atoms with Crippen LogP contribution in [-0.4, -0.2) is 25.2 Å². The maximum atomic E-state index is 12.8. The number of aromatic amines is 1. The molecule has 1 atom stereocenters. The number of benzene rings is 2. The SMILES string of the molecule is Cn1ccnc1[C@H](NC(=O)Cn1[nH]c(=O)c2ccccc2c1=O)c1ccccc1. The van der Waals surface area contributed by atoms with Gasteiger partial charge in [-0.3, -0.25) is 19.5 Å². The Labute approximate surface area is 165 Å². The Morgan fingerprint density at radius 1 is 1.07 bits per heavy atom. The average Bonchev–Trinajstić information content (AvgIpc) is 3.16. The summed E-state index contributed by atoms with van der Waals surface area (Å²) >= 11 is 0. The van der Waals surface area contributed by atoms with Crippen LogP contribution in [0.3, 0.4) is 0 Å². The number of carbonyl (C=O) groups is 1. The largest absolute Gasteiger partial charge is 0.340 e. The fourth-order valence-electron chi connectivity index (χ4n) is 3.31. The third-order valence-electron chi connectivity index (χ3n) is 4.74. The lowest BCUT2D eigenvalue weighted by Gasteiger charge is -2.19. The van der Waals surface area contributed by atoms with Crippen LogP contribution in [0, 0.1) is 0 Å². The summed E-state index contributed by atoms with van der Waals surface area (Å²) in [6, 6.07) is 15.4. The molecule has 0 bridgehead atoms. The molecule has 1 amide bonds. The Kier molecular flexibility index (Phi) is 4.82. The van der Waals surface area contributed by atoms with Gasteiger partial charge in [-0.2, -0.15) is 0 Å². The third kappa shape index (κ3) is 3.60. The van der Waals surface area contributed by atoms with Crippen LogP contribution >= 0.6 is 0 Å². The summed E-state index contributed by atoms with van der Waals surface area (Å²) < 4.78 is 2.85. The van der Waals surface area contributed by atoms with Gasteiger partial charge in [0.1, 0.15) is 18.4 Å². The number of nitrogens with zero attached hydrogens (tertiary/aromatic N) is 3. The van der Waals surface area contributed by atoms with Crippen LogP contribution in [0.15, 0.2) is 76.6 Å². The lowest BCUT2D eigenvalue weighted by Crippen LogP contribution is -2.38. The first-order valence-electron chi connectivity index (χ1n) is 9.08. The Hall–Kier alpha value is -3.94. The predicted molar refractivity (Wildman–Crippen MR) is 108 cm³/mol. The second-order valence-corrected chi connectivity index (χ2v) is 6.69. The molecule has 2 aromatic carbocycles. The molecule has 4 aromatic rings. The van der Waals surface area contributed by atoms with Crippen LogP contribution in [0.4, 0.5) is 0 Å². The Morgan fingerprint density at radius 3 is 2.45 bits per heavy atom. The molecule has 146 valence electrons. The Balaban J connectivity index is 1.65. The van der Waals surface area contributed by atoms with Gasteiger partial charge in [0.2, 0.25) is 5.91 Å². The smallest absolute Gasteiger partial charge is 0.273 e. The van der Waals surface area contributed by atoms with E-state index in [-0.39, 0.29) is 11.9 Å². The first kappa shape index (κ1) is 18.4. The van der Waals surface area contributed by atoms with Gasteiger partial charge in [0.05, 0.1) is 10.8 Å². The van der Waals surface area contributed by atoms with Gasteiger partial charge in [-0.1, -0.05) is 42.5 Å². The third-order valence-corrected chi connectivity index (χ3v) is 4.74. The van der Waals surface area contributed by atoms with Crippen molar-refractivity contribution in [3.05, 3.63) is 99.1 Å². The zero-order valence-corrected chi connectivity index (χ0v) is 15.7. The van der Waals surface area contributed by atoms with Crippen molar-refractivity contribution in [3.8, 4) is 0 Å². The molecule has 0 saturated heterocycles. The van der Waals surface area contributed by atoms with Crippen molar-refractivity contribution in [2.24, 2.45) is 7.05 Å². The molecule has 0 unspecified atom stereocenters. The van der Waals surface area contributed by atoms with Crippen LogP contribution in [0.2, 0.25) is 0 Å². The maximum Gasteiger partial charge on any atom is 0.273 e. The van der Waals surface area contributed by atoms with E-state index in [4.69, 9.17) is 0 Å². The molecule has 0 fully saturated rings. The number of nitrogens with one attached hydrogen (secondary N) is 2. The summed E-state index contributed by atoms with van der Waals surface area (Å²) in [6.07, 6.45) is 3.45. The number of amides is 1. The molecule has 0 spiro atoms. The number of H-pyrrole nitrogens is 1. The molecule has 2 aromatic heterocycles. The first-order valence-corrected chi connectivity index (χ1v) is 9.08. The van der Waals surface area contributed by atoms with Crippen LogP contribution in [0.25, 0.3) is 10.8 Å². The van der Waals surface area contributed by atoms with Crippen molar-refractivity contribution in [2.75, 3.05) is 0 Å². The molecule has 8 nitrogen and oxygen atoms in total. The second kappa shape index (κ2) is 7.59. The highest BCUT2D eigenvalue weighted by molar-refractivity contribution is 5.81. The van der Waals surface area contributed by atoms with E-state index in [9.17, 15) is 14.4 Å². The monoisotopic (exact) mass is 389 g/mol. The highest BCUT2D eigenvalue weighted by Gasteiger charge is 2.21. The predicted octanol–water partition coefficient (Wildman–Crippen LogP) is 1.33. The summed E-state index contributed by atoms with van der Waals surface area (Å²) in [6.45, 7) is -0.313. The number of aromatic nitrogens is 4. The highest BCUT2D eigenvalue weighted by Crippen LogP contribution is 2.20. The number of fused-ring (bicyclic) bond motifs is 1. The molecule has 8 heteroatoms. The van der Waals surface area contributed by atoms with Crippen LogP contribution in [0.5, 0.6) is 0 Å². The van der Waals surface area contributed by atoms with Crippen molar-refractivity contribution in [1.82, 2.24) is 24.6 Å². The summed E-state index contributed by atoms with van der Waals surface area (Å²) in [5.74, 6) is 0.235. The van der Waals surface area contributed by atoms with E-state index in [1.165, 1.54) is 0 Å². The standard InChI is InChI=1S/C21H19N5O3/c1-25-12-11-22-19(25)18(14-7-3-2-4-8-14)23-17(27)13-26-21(29)16-10-6-5-9-15(16)20(28)24-26/h2-12,18H,13H2,1H3,(H,23,27)(H,24,28)/t18-/m1/s1. The molecule has 0 saturated carbocycles. The van der Waals surface area contributed by atoms with Crippen LogP contribution < -0.4 is 16.4 Å². The number of carbonyl (C=O) groups excluding carboxylic acids is 1. The molecular formula is C21H19N5O3. The second-order valence-electron chi connectivity index (χ2n) is 6.69. The summed E-state index contributed by atoms with van der Waals surface area (Å²) in [7, 11) is 1.84. The number of hydrogen-bond donors (Lipinski definition) is 2. The summed E-state index contributed by atoms with van der Waals surface area (Å²) in [5.41, 5.74) is 0.00909. The van der Waals surface area contributed by atoms with Crippen LogP contribution in [0.1, 0.15) is 17.4 Å². The van der Waals surface area contributed by atoms with Gasteiger partial charge in [0.15, 0.2) is 0 Å². The Morgan fingerprint density at radius 2 is 1.76 bits per heavy atom. The van der Waals surface area contributed by atoms with Gasteiger partial charge in [0.25, 0.3) is 11.1 Å². The van der Waals surface area contributed by atoms with E-state index < -0.39 is 23.1 Å². The van der Waals surface area contributed by atoms with Crippen molar-refractivity contribution >= 4 is 16.7 Å². The lowest BCUT2D eigenvalue weighted by molar-refractivity contribution is -0.122. The summed E-state index contributed by atoms with van der Waals surface area (Å²) in [4.78, 5) is 42.0. The van der Waals surface area contributed by atoms with Gasteiger partial charge in [-0.25, -0.2) is 9.67 Å². The minimum absolute atomic E-state index is 0.271. The minimum Gasteiger partial charge on any atom is -0.340 e. The molecule has 2 heterocycles. The fraction of sp³-hybridized carbons (Fsp3) is 0.143. The molecule has 0 aliphatic heterocycles. The molecule has 0 aliphatic carbocycles. The fourth-order valence-corrected chi connectivity index (χ4v) is 3.31. The normalized spacial score (nSPS) is 12.0. The quantitative estimate of drug-likeness (QED) is 0.538. The van der Waals surface area contributed by atoms with Gasteiger partial charge in [-0.05, 0) is 17.7 Å². The van der Waals surface area contributed by atoms with Crippen molar-refractivity contribution in [1.29, 1.82) is 0 Å². The van der Waals surface area contributed by atoms with E-state index in [0.717, 1.165) is 10.2 Å². The molecule has 0 radical (unpaired) electrons. The highest BCUT2D eigenvalue weighted by atomic mass is 16.2. The number of imidazole rings is 1. The zero-order chi connectivity index (χ0) is 20.4. The number of rotatable bonds is 5. The molecule has 2 N–H and O–H groups in total. The minimum atomic E-state index is -0.494. The maximum absolute atomic E-state index is 12.8. The van der Waals surface area contributed by atoms with E-state index in [1.807, 2.05) is 41.9 Å². The van der Waals surface area contributed by atoms with Crippen molar-refractivity contribution < 1.29 is 4.79 Å². The van der Waals surface area contributed by atoms with Crippen LogP contribution in [-0.2, 0) is 18.4 Å². The molecule has 4 rings (SSSR count). The van der Waals surface area contributed by atoms with E-state index in [2.05, 4.69) is 15.4 Å². The zero-order valence-electron chi connectivity index (χ0n) is 15.7. The van der Waals surface area contributed by atoms with E-state index in [1.54, 1.807) is 36.7 Å². The van der Waals surface area contributed by atoms with E-state index in [0.29, 0.717) is 11.2 Å². The van der Waals surface area contributed by atoms with Gasteiger partial charge >= 0.3 is 0 Å². The van der Waals surface area contributed by atoms with Crippen molar-refractivity contribution in [2.45, 2.75) is 12.6 Å². The Bertz CT molecular complexity index is 1290. The number of aryl methyl sites for hydroxylation is 1. The molecule has 0 aliphatic rings.